The van der Waals surface area contributed by atoms with Gasteiger partial charge in [-0.1, -0.05) is 36.4 Å². The van der Waals surface area contributed by atoms with Gasteiger partial charge in [-0.25, -0.2) is 0 Å². The lowest BCUT2D eigenvalue weighted by Crippen LogP contribution is -2.18. The first-order valence-electron chi connectivity index (χ1n) is 6.60. The highest BCUT2D eigenvalue weighted by atomic mass is 16.6. The summed E-state index contributed by atoms with van der Waals surface area (Å²) in [6.07, 6.45) is 0. The van der Waals surface area contributed by atoms with Gasteiger partial charge in [-0.3, -0.25) is 10.1 Å². The zero-order valence-electron chi connectivity index (χ0n) is 11.7. The van der Waals surface area contributed by atoms with Gasteiger partial charge >= 0.3 is 0 Å². The molecule has 0 radical (unpaired) electrons. The van der Waals surface area contributed by atoms with E-state index in [4.69, 9.17) is 0 Å². The molecule has 0 unspecified atom stereocenters. The minimum absolute atomic E-state index is 0.126. The third kappa shape index (κ3) is 3.42. The first-order chi connectivity index (χ1) is 9.58. The molecule has 0 saturated heterocycles. The van der Waals surface area contributed by atoms with Crippen LogP contribution in [0.1, 0.15) is 29.7 Å². The van der Waals surface area contributed by atoms with Crippen molar-refractivity contribution < 1.29 is 4.92 Å². The molecule has 2 aromatic carbocycles. The number of hydrogen-bond donors (Lipinski definition) is 1. The van der Waals surface area contributed by atoms with Crippen molar-refractivity contribution in [3.8, 4) is 0 Å². The number of aryl methyl sites for hydroxylation is 1. The van der Waals surface area contributed by atoms with Gasteiger partial charge < -0.3 is 5.32 Å². The van der Waals surface area contributed by atoms with Crippen molar-refractivity contribution in [1.82, 2.24) is 5.32 Å². The Morgan fingerprint density at radius 3 is 2.40 bits per heavy atom. The van der Waals surface area contributed by atoms with Gasteiger partial charge in [0.25, 0.3) is 5.69 Å². The van der Waals surface area contributed by atoms with E-state index in [0.29, 0.717) is 6.54 Å². The quantitative estimate of drug-likeness (QED) is 0.665. The van der Waals surface area contributed by atoms with Crippen LogP contribution in [0.4, 0.5) is 5.69 Å². The lowest BCUT2D eigenvalue weighted by Gasteiger charge is -2.16. The number of benzene rings is 2. The van der Waals surface area contributed by atoms with Gasteiger partial charge in [0, 0.05) is 24.7 Å². The number of hydrogen-bond acceptors (Lipinski definition) is 3. The van der Waals surface area contributed by atoms with E-state index in [9.17, 15) is 10.1 Å². The Labute approximate surface area is 118 Å². The summed E-state index contributed by atoms with van der Waals surface area (Å²) < 4.78 is 0. The van der Waals surface area contributed by atoms with Crippen molar-refractivity contribution in [3.05, 3.63) is 75.3 Å². The Morgan fingerprint density at radius 2 is 1.80 bits per heavy atom. The molecule has 0 aliphatic rings. The molecule has 0 aliphatic heterocycles. The molecule has 0 saturated carbocycles. The maximum absolute atomic E-state index is 10.6. The first-order valence-corrected chi connectivity index (χ1v) is 6.60. The summed E-state index contributed by atoms with van der Waals surface area (Å²) in [6.45, 7) is 4.90. The van der Waals surface area contributed by atoms with Gasteiger partial charge in [0.15, 0.2) is 0 Å². The van der Waals surface area contributed by atoms with E-state index in [1.54, 1.807) is 12.1 Å². The van der Waals surface area contributed by atoms with Gasteiger partial charge in [0.2, 0.25) is 0 Å². The topological polar surface area (TPSA) is 55.2 Å². The predicted octanol–water partition coefficient (Wildman–Crippen LogP) is 3.75. The molecule has 0 aromatic heterocycles. The van der Waals surface area contributed by atoms with Crippen molar-refractivity contribution in [1.29, 1.82) is 0 Å². The lowest BCUT2D eigenvalue weighted by molar-refractivity contribution is -0.384. The van der Waals surface area contributed by atoms with Crippen molar-refractivity contribution in [2.45, 2.75) is 26.4 Å². The van der Waals surface area contributed by atoms with Crippen molar-refractivity contribution in [2.24, 2.45) is 0 Å². The number of nitro groups is 1. The van der Waals surface area contributed by atoms with Crippen LogP contribution in [0.15, 0.2) is 48.5 Å². The van der Waals surface area contributed by atoms with Crippen LogP contribution in [0, 0.1) is 17.0 Å². The molecule has 20 heavy (non-hydrogen) atoms. The van der Waals surface area contributed by atoms with Crippen LogP contribution in [0.25, 0.3) is 0 Å². The number of nitrogens with one attached hydrogen (secondary N) is 1. The standard InChI is InChI=1S/C16H18N2O2/c1-12-5-3-4-6-16(12)13(2)17-11-14-7-9-15(10-8-14)18(19)20/h3-10,13,17H,11H2,1-2H3/t13-/m1/s1. The SMILES string of the molecule is Cc1ccccc1[C@@H](C)NCc1ccc([N+](=O)[O-])cc1. The number of nitrogens with zero attached hydrogens (tertiary/aromatic N) is 1. The second kappa shape index (κ2) is 6.30. The van der Waals surface area contributed by atoms with Crippen molar-refractivity contribution in [2.75, 3.05) is 0 Å². The highest BCUT2D eigenvalue weighted by molar-refractivity contribution is 5.33. The van der Waals surface area contributed by atoms with E-state index in [1.807, 2.05) is 12.1 Å². The first kappa shape index (κ1) is 14.2. The van der Waals surface area contributed by atoms with Crippen molar-refractivity contribution >= 4 is 5.69 Å². The molecule has 1 N–H and O–H groups in total. The highest BCUT2D eigenvalue weighted by Crippen LogP contribution is 2.18. The summed E-state index contributed by atoms with van der Waals surface area (Å²) >= 11 is 0. The van der Waals surface area contributed by atoms with E-state index in [-0.39, 0.29) is 16.7 Å². The number of non-ortho nitro benzene ring substituents is 1. The smallest absolute Gasteiger partial charge is 0.269 e. The molecule has 2 aromatic rings. The molecule has 4 heteroatoms. The summed E-state index contributed by atoms with van der Waals surface area (Å²) in [7, 11) is 0. The second-order valence-corrected chi connectivity index (χ2v) is 4.88. The molecule has 0 amide bonds. The monoisotopic (exact) mass is 270 g/mol. The summed E-state index contributed by atoms with van der Waals surface area (Å²) in [5.41, 5.74) is 3.70. The predicted molar refractivity (Wildman–Crippen MR) is 79.5 cm³/mol. The largest absolute Gasteiger partial charge is 0.306 e. The van der Waals surface area contributed by atoms with Gasteiger partial charge in [0.05, 0.1) is 4.92 Å². The van der Waals surface area contributed by atoms with Gasteiger partial charge in [-0.15, -0.1) is 0 Å². The third-order valence-corrected chi connectivity index (χ3v) is 3.41. The second-order valence-electron chi connectivity index (χ2n) is 4.88. The normalized spacial score (nSPS) is 12.1. The van der Waals surface area contributed by atoms with Crippen LogP contribution < -0.4 is 5.32 Å². The lowest BCUT2D eigenvalue weighted by atomic mass is 10.0. The summed E-state index contributed by atoms with van der Waals surface area (Å²) in [4.78, 5) is 10.2. The molecule has 1 atom stereocenters. The minimum Gasteiger partial charge on any atom is -0.306 e. The van der Waals surface area contributed by atoms with E-state index in [0.717, 1.165) is 5.56 Å². The fourth-order valence-electron chi connectivity index (χ4n) is 2.19. The average Bonchev–Trinajstić information content (AvgIpc) is 2.45. The number of nitro benzene ring substituents is 1. The molecule has 0 spiro atoms. The van der Waals surface area contributed by atoms with Crippen LogP contribution in [0.5, 0.6) is 0 Å². The van der Waals surface area contributed by atoms with Gasteiger partial charge in [-0.2, -0.15) is 0 Å². The van der Waals surface area contributed by atoms with Crippen LogP contribution in [-0.4, -0.2) is 4.92 Å². The van der Waals surface area contributed by atoms with Crippen LogP contribution in [0.3, 0.4) is 0 Å². The fraction of sp³-hybridized carbons (Fsp3) is 0.250. The Morgan fingerprint density at radius 1 is 1.15 bits per heavy atom. The van der Waals surface area contributed by atoms with E-state index in [2.05, 4.69) is 31.3 Å². The molecule has 104 valence electrons. The Kier molecular flexibility index (Phi) is 4.48. The highest BCUT2D eigenvalue weighted by Gasteiger charge is 2.08. The number of rotatable bonds is 5. The molecule has 0 bridgehead atoms. The Hall–Kier alpha value is -2.20. The maximum atomic E-state index is 10.6. The average molecular weight is 270 g/mol. The molecule has 0 heterocycles. The van der Waals surface area contributed by atoms with Crippen LogP contribution in [-0.2, 0) is 6.54 Å². The van der Waals surface area contributed by atoms with Crippen molar-refractivity contribution in [3.63, 3.8) is 0 Å². The zero-order valence-corrected chi connectivity index (χ0v) is 11.7. The summed E-state index contributed by atoms with van der Waals surface area (Å²) in [5, 5.41) is 14.0. The molecule has 0 aliphatic carbocycles. The summed E-state index contributed by atoms with van der Waals surface area (Å²) in [5.74, 6) is 0. The zero-order chi connectivity index (χ0) is 14.5. The van der Waals surface area contributed by atoms with Gasteiger partial charge in [0.1, 0.15) is 0 Å². The molecule has 2 rings (SSSR count). The molecular weight excluding hydrogens is 252 g/mol. The summed E-state index contributed by atoms with van der Waals surface area (Å²) in [6, 6.07) is 15.2. The Balaban J connectivity index is 1.98. The van der Waals surface area contributed by atoms with Crippen LogP contribution in [0.2, 0.25) is 0 Å². The fourth-order valence-corrected chi connectivity index (χ4v) is 2.19. The molecular formula is C16H18N2O2. The minimum atomic E-state index is -0.382. The Bertz CT molecular complexity index is 594. The molecule has 4 nitrogen and oxygen atoms in total. The third-order valence-electron chi connectivity index (χ3n) is 3.41. The molecule has 0 fully saturated rings. The van der Waals surface area contributed by atoms with E-state index >= 15 is 0 Å². The maximum Gasteiger partial charge on any atom is 0.269 e. The van der Waals surface area contributed by atoms with Crippen LogP contribution >= 0.6 is 0 Å². The van der Waals surface area contributed by atoms with E-state index < -0.39 is 0 Å². The van der Waals surface area contributed by atoms with Gasteiger partial charge in [-0.05, 0) is 30.5 Å². The van der Waals surface area contributed by atoms with E-state index in [1.165, 1.54) is 23.3 Å².